The van der Waals surface area contributed by atoms with Crippen molar-refractivity contribution in [2.45, 2.75) is 11.3 Å². The second kappa shape index (κ2) is 8.89. The van der Waals surface area contributed by atoms with E-state index in [2.05, 4.69) is 23.5 Å². The average molecular weight is 410 g/mol. The Labute approximate surface area is 171 Å². The van der Waals surface area contributed by atoms with Crippen LogP contribution in [0, 0.1) is 0 Å². The molecule has 1 amide bonds. The first-order valence-corrected chi connectivity index (χ1v) is 10.7. The number of sulfonamides is 1. The molecule has 0 fully saturated rings. The minimum absolute atomic E-state index is 0.00718. The van der Waals surface area contributed by atoms with Gasteiger partial charge >= 0.3 is 0 Å². The number of carbonyl (C=O) groups excluding carboxylic acids is 1. The van der Waals surface area contributed by atoms with Gasteiger partial charge in [-0.3, -0.25) is 4.79 Å². The minimum Gasteiger partial charge on any atom is -0.374 e. The predicted octanol–water partition coefficient (Wildman–Crippen LogP) is 3.47. The highest BCUT2D eigenvalue weighted by atomic mass is 32.2. The van der Waals surface area contributed by atoms with Crippen molar-refractivity contribution in [2.24, 2.45) is 5.14 Å². The lowest BCUT2D eigenvalue weighted by Crippen LogP contribution is -2.24. The van der Waals surface area contributed by atoms with E-state index in [9.17, 15) is 13.2 Å². The van der Waals surface area contributed by atoms with Crippen molar-refractivity contribution in [1.29, 1.82) is 0 Å². The van der Waals surface area contributed by atoms with E-state index < -0.39 is 10.0 Å². The van der Waals surface area contributed by atoms with Gasteiger partial charge in [-0.25, -0.2) is 13.6 Å². The highest BCUT2D eigenvalue weighted by Gasteiger charge is 2.11. The number of nitrogens with one attached hydrogen (secondary N) is 1. The van der Waals surface area contributed by atoms with E-state index in [1.165, 1.54) is 24.3 Å². The molecule has 3 N–H and O–H groups in total. The highest BCUT2D eigenvalue weighted by molar-refractivity contribution is 7.89. The van der Waals surface area contributed by atoms with Crippen molar-refractivity contribution >= 4 is 27.3 Å². The van der Waals surface area contributed by atoms with Crippen LogP contribution in [0.2, 0.25) is 0 Å². The molecular formula is C22H23N3O3S. The molecule has 150 valence electrons. The Bertz CT molecular complexity index is 1080. The van der Waals surface area contributed by atoms with Gasteiger partial charge in [0, 0.05) is 37.0 Å². The molecule has 0 atom stereocenters. The van der Waals surface area contributed by atoms with Crippen LogP contribution in [0.25, 0.3) is 11.1 Å². The molecule has 0 bridgehead atoms. The van der Waals surface area contributed by atoms with Gasteiger partial charge in [0.15, 0.2) is 0 Å². The van der Waals surface area contributed by atoms with Crippen molar-refractivity contribution in [1.82, 2.24) is 0 Å². The quantitative estimate of drug-likeness (QED) is 0.625. The van der Waals surface area contributed by atoms with Gasteiger partial charge in [0.25, 0.3) is 0 Å². The van der Waals surface area contributed by atoms with Gasteiger partial charge in [0.2, 0.25) is 15.9 Å². The fourth-order valence-electron chi connectivity index (χ4n) is 3.01. The maximum absolute atomic E-state index is 12.3. The molecule has 6 nitrogen and oxygen atoms in total. The van der Waals surface area contributed by atoms with E-state index in [0.717, 1.165) is 16.8 Å². The van der Waals surface area contributed by atoms with Gasteiger partial charge in [-0.1, -0.05) is 48.5 Å². The Hall–Kier alpha value is -3.16. The largest absolute Gasteiger partial charge is 0.374 e. The molecule has 0 aromatic heterocycles. The summed E-state index contributed by atoms with van der Waals surface area (Å²) in [5.41, 5.74) is 3.79. The number of nitrogens with two attached hydrogens (primary N) is 1. The summed E-state index contributed by atoms with van der Waals surface area (Å²) in [6, 6.07) is 24.0. The van der Waals surface area contributed by atoms with Crippen LogP contribution in [-0.4, -0.2) is 27.9 Å². The molecule has 0 heterocycles. The smallest absolute Gasteiger partial charge is 0.238 e. The van der Waals surface area contributed by atoms with Gasteiger partial charge in [0.1, 0.15) is 0 Å². The molecule has 0 aliphatic rings. The van der Waals surface area contributed by atoms with Crippen molar-refractivity contribution in [2.75, 3.05) is 23.8 Å². The van der Waals surface area contributed by atoms with Crippen molar-refractivity contribution in [3.8, 4) is 11.1 Å². The summed E-state index contributed by atoms with van der Waals surface area (Å²) < 4.78 is 22.6. The van der Waals surface area contributed by atoms with Gasteiger partial charge in [-0.2, -0.15) is 0 Å². The second-order valence-corrected chi connectivity index (χ2v) is 8.23. The van der Waals surface area contributed by atoms with E-state index in [1.807, 2.05) is 48.3 Å². The maximum atomic E-state index is 12.3. The molecule has 29 heavy (non-hydrogen) atoms. The lowest BCUT2D eigenvalue weighted by atomic mass is 10.0. The van der Waals surface area contributed by atoms with Crippen LogP contribution in [0.15, 0.2) is 83.8 Å². The molecule has 3 rings (SSSR count). The lowest BCUT2D eigenvalue weighted by molar-refractivity contribution is -0.116. The first kappa shape index (κ1) is 20.6. The molecule has 0 unspecified atom stereocenters. The van der Waals surface area contributed by atoms with Crippen LogP contribution < -0.4 is 15.4 Å². The van der Waals surface area contributed by atoms with Crippen LogP contribution in [-0.2, 0) is 14.8 Å². The van der Waals surface area contributed by atoms with Crippen LogP contribution in [0.5, 0.6) is 0 Å². The SMILES string of the molecule is CN(CCC(=O)Nc1ccc(S(N)(=O)=O)cc1)c1ccccc1-c1ccccc1. The summed E-state index contributed by atoms with van der Waals surface area (Å²) in [6.07, 6.45) is 0.288. The number of amides is 1. The van der Waals surface area contributed by atoms with E-state index >= 15 is 0 Å². The highest BCUT2D eigenvalue weighted by Crippen LogP contribution is 2.30. The molecule has 0 aliphatic heterocycles. The number of para-hydroxylation sites is 1. The van der Waals surface area contributed by atoms with Crippen molar-refractivity contribution in [3.63, 3.8) is 0 Å². The van der Waals surface area contributed by atoms with Crippen LogP contribution in [0.1, 0.15) is 6.42 Å². The predicted molar refractivity (Wildman–Crippen MR) is 116 cm³/mol. The van der Waals surface area contributed by atoms with Gasteiger partial charge in [-0.05, 0) is 35.9 Å². The summed E-state index contributed by atoms with van der Waals surface area (Å²) in [6.45, 7) is 0.533. The Morgan fingerprint density at radius 3 is 2.21 bits per heavy atom. The van der Waals surface area contributed by atoms with Crippen molar-refractivity contribution in [3.05, 3.63) is 78.9 Å². The molecule has 0 saturated heterocycles. The summed E-state index contributed by atoms with van der Waals surface area (Å²) in [4.78, 5) is 14.4. The zero-order chi connectivity index (χ0) is 20.9. The number of hydrogen-bond donors (Lipinski definition) is 2. The van der Waals surface area contributed by atoms with Gasteiger partial charge in [0.05, 0.1) is 4.90 Å². The first-order chi connectivity index (χ1) is 13.8. The number of hydrogen-bond acceptors (Lipinski definition) is 4. The van der Waals surface area contributed by atoms with E-state index in [-0.39, 0.29) is 17.2 Å². The summed E-state index contributed by atoms with van der Waals surface area (Å²) in [5, 5.41) is 7.85. The fourth-order valence-corrected chi connectivity index (χ4v) is 3.52. The third-order valence-corrected chi connectivity index (χ3v) is 5.47. The van der Waals surface area contributed by atoms with Crippen LogP contribution in [0.3, 0.4) is 0 Å². The number of rotatable bonds is 7. The van der Waals surface area contributed by atoms with E-state index in [1.54, 1.807) is 0 Å². The number of carbonyl (C=O) groups is 1. The summed E-state index contributed by atoms with van der Waals surface area (Å²) >= 11 is 0. The first-order valence-electron chi connectivity index (χ1n) is 9.13. The number of nitrogens with zero attached hydrogens (tertiary/aromatic N) is 1. The topological polar surface area (TPSA) is 92.5 Å². The Balaban J connectivity index is 1.63. The van der Waals surface area contributed by atoms with Crippen LogP contribution in [0.4, 0.5) is 11.4 Å². The van der Waals surface area contributed by atoms with E-state index in [0.29, 0.717) is 12.2 Å². The third kappa shape index (κ3) is 5.43. The average Bonchev–Trinajstić information content (AvgIpc) is 2.72. The standard InChI is InChI=1S/C22H23N3O3S/c1-25(21-10-6-5-9-20(21)17-7-3-2-4-8-17)16-15-22(26)24-18-11-13-19(14-12-18)29(23,27)28/h2-14H,15-16H2,1H3,(H,24,26)(H2,23,27,28). The van der Waals surface area contributed by atoms with Gasteiger partial charge < -0.3 is 10.2 Å². The molecule has 0 spiro atoms. The maximum Gasteiger partial charge on any atom is 0.238 e. The van der Waals surface area contributed by atoms with Crippen molar-refractivity contribution < 1.29 is 13.2 Å². The molecule has 0 radical (unpaired) electrons. The molecule has 7 heteroatoms. The number of benzene rings is 3. The fraction of sp³-hybridized carbons (Fsp3) is 0.136. The zero-order valence-electron chi connectivity index (χ0n) is 16.1. The van der Waals surface area contributed by atoms with Gasteiger partial charge in [-0.15, -0.1) is 0 Å². The Kier molecular flexibility index (Phi) is 6.31. The molecule has 3 aromatic rings. The van der Waals surface area contributed by atoms with Crippen LogP contribution >= 0.6 is 0 Å². The molecule has 0 saturated carbocycles. The summed E-state index contributed by atoms with van der Waals surface area (Å²) in [7, 11) is -1.79. The normalized spacial score (nSPS) is 11.1. The molecule has 3 aromatic carbocycles. The molecular weight excluding hydrogens is 386 g/mol. The Morgan fingerprint density at radius 2 is 1.55 bits per heavy atom. The zero-order valence-corrected chi connectivity index (χ0v) is 16.9. The number of primary sulfonamides is 1. The summed E-state index contributed by atoms with van der Waals surface area (Å²) in [5.74, 6) is -0.155. The van der Waals surface area contributed by atoms with E-state index in [4.69, 9.17) is 5.14 Å². The number of anilines is 2. The Morgan fingerprint density at radius 1 is 0.931 bits per heavy atom. The minimum atomic E-state index is -3.75. The lowest BCUT2D eigenvalue weighted by Gasteiger charge is -2.22. The second-order valence-electron chi connectivity index (χ2n) is 6.67. The third-order valence-electron chi connectivity index (χ3n) is 4.54. The monoisotopic (exact) mass is 409 g/mol. The molecule has 0 aliphatic carbocycles.